The monoisotopic (exact) mass is 497 g/mol. The van der Waals surface area contributed by atoms with Crippen molar-refractivity contribution in [1.82, 2.24) is 5.32 Å². The molecule has 0 aliphatic carbocycles. The van der Waals surface area contributed by atoms with Gasteiger partial charge in [0, 0.05) is 17.1 Å². The van der Waals surface area contributed by atoms with E-state index in [1.807, 2.05) is 37.3 Å². The predicted octanol–water partition coefficient (Wildman–Crippen LogP) is 3.93. The first-order valence-electron chi connectivity index (χ1n) is 10.7. The van der Waals surface area contributed by atoms with Crippen LogP contribution < -0.4 is 16.0 Å². The van der Waals surface area contributed by atoms with Gasteiger partial charge >= 0.3 is 0 Å². The summed E-state index contributed by atoms with van der Waals surface area (Å²) in [6, 6.07) is 18.4. The summed E-state index contributed by atoms with van der Waals surface area (Å²) in [4.78, 5) is 25.2. The van der Waals surface area contributed by atoms with Crippen LogP contribution in [0.15, 0.2) is 66.7 Å². The number of benzene rings is 3. The highest BCUT2D eigenvalue weighted by atomic mass is 35.5. The third-order valence-corrected chi connectivity index (χ3v) is 7.31. The largest absolute Gasteiger partial charge is 0.371 e. The maximum Gasteiger partial charge on any atom is 0.251 e. The first kappa shape index (κ1) is 23.8. The summed E-state index contributed by atoms with van der Waals surface area (Å²) >= 11 is 5.88. The number of rotatable bonds is 7. The molecule has 0 saturated heterocycles. The quantitative estimate of drug-likeness (QED) is 0.459. The van der Waals surface area contributed by atoms with Crippen molar-refractivity contribution in [3.8, 4) is 0 Å². The van der Waals surface area contributed by atoms with Crippen LogP contribution in [0.1, 0.15) is 27.0 Å². The number of fused-ring (bicyclic) bond motifs is 1. The highest BCUT2D eigenvalue weighted by Crippen LogP contribution is 2.28. The van der Waals surface area contributed by atoms with Gasteiger partial charge in [0.15, 0.2) is 9.84 Å². The lowest BCUT2D eigenvalue weighted by Crippen LogP contribution is -2.43. The van der Waals surface area contributed by atoms with Crippen molar-refractivity contribution >= 4 is 44.6 Å². The Morgan fingerprint density at radius 2 is 1.76 bits per heavy atom. The number of nitrogens with one attached hydrogen (secondary N) is 3. The van der Waals surface area contributed by atoms with Crippen molar-refractivity contribution in [3.63, 3.8) is 0 Å². The zero-order valence-electron chi connectivity index (χ0n) is 18.5. The molecule has 2 amide bonds. The van der Waals surface area contributed by atoms with Gasteiger partial charge in [0.2, 0.25) is 5.91 Å². The summed E-state index contributed by atoms with van der Waals surface area (Å²) in [6.45, 7) is 2.23. The van der Waals surface area contributed by atoms with E-state index in [0.29, 0.717) is 34.1 Å². The van der Waals surface area contributed by atoms with E-state index >= 15 is 0 Å². The summed E-state index contributed by atoms with van der Waals surface area (Å²) in [6.07, 6.45) is 0. The molecule has 1 aliphatic rings. The van der Waals surface area contributed by atoms with Gasteiger partial charge in [-0.3, -0.25) is 9.59 Å². The third kappa shape index (κ3) is 5.95. The Hall–Kier alpha value is -3.36. The average molecular weight is 498 g/mol. The maximum absolute atomic E-state index is 12.7. The molecule has 3 aromatic rings. The van der Waals surface area contributed by atoms with Crippen LogP contribution in [0, 0.1) is 6.92 Å². The van der Waals surface area contributed by atoms with Crippen molar-refractivity contribution in [2.24, 2.45) is 0 Å². The molecule has 1 unspecified atom stereocenters. The van der Waals surface area contributed by atoms with E-state index in [9.17, 15) is 18.0 Å². The van der Waals surface area contributed by atoms with Crippen molar-refractivity contribution in [2.45, 2.75) is 25.3 Å². The molecular formula is C25H24ClN3O4S. The maximum atomic E-state index is 12.7. The van der Waals surface area contributed by atoms with E-state index in [1.54, 1.807) is 36.4 Å². The highest BCUT2D eigenvalue weighted by molar-refractivity contribution is 7.90. The molecule has 176 valence electrons. The van der Waals surface area contributed by atoms with Crippen LogP contribution in [-0.4, -0.2) is 32.0 Å². The Kier molecular flexibility index (Phi) is 6.90. The lowest BCUT2D eigenvalue weighted by Gasteiger charge is -2.27. The molecule has 0 spiro atoms. The minimum absolute atomic E-state index is 0.139. The number of carbonyl (C=O) groups excluding carboxylic acids is 2. The van der Waals surface area contributed by atoms with Gasteiger partial charge in [0.1, 0.15) is 6.04 Å². The summed E-state index contributed by atoms with van der Waals surface area (Å²) in [5, 5.41) is 9.16. The van der Waals surface area contributed by atoms with Gasteiger partial charge in [0.25, 0.3) is 5.91 Å². The van der Waals surface area contributed by atoms with Gasteiger partial charge in [-0.1, -0.05) is 53.6 Å². The molecule has 0 saturated carbocycles. The van der Waals surface area contributed by atoms with E-state index < -0.39 is 21.8 Å². The van der Waals surface area contributed by atoms with Crippen LogP contribution in [0.3, 0.4) is 0 Å². The molecule has 34 heavy (non-hydrogen) atoms. The van der Waals surface area contributed by atoms with Gasteiger partial charge in [-0.15, -0.1) is 0 Å². The molecule has 0 bridgehead atoms. The van der Waals surface area contributed by atoms with Crippen molar-refractivity contribution in [2.75, 3.05) is 16.4 Å². The topological polar surface area (TPSA) is 104 Å². The van der Waals surface area contributed by atoms with Gasteiger partial charge in [-0.05, 0) is 48.4 Å². The van der Waals surface area contributed by atoms with Gasteiger partial charge in [-0.25, -0.2) is 8.42 Å². The number of aryl methyl sites for hydroxylation is 1. The van der Waals surface area contributed by atoms with E-state index in [4.69, 9.17) is 11.6 Å². The van der Waals surface area contributed by atoms with Crippen molar-refractivity contribution < 1.29 is 18.0 Å². The molecule has 7 nitrogen and oxygen atoms in total. The zero-order valence-corrected chi connectivity index (χ0v) is 20.0. The second-order valence-corrected chi connectivity index (χ2v) is 10.8. The molecule has 4 rings (SSSR count). The molecule has 0 fully saturated rings. The fourth-order valence-corrected chi connectivity index (χ4v) is 5.43. The smallest absolute Gasteiger partial charge is 0.251 e. The number of hydrogen-bond donors (Lipinski definition) is 3. The number of anilines is 2. The molecule has 3 aromatic carbocycles. The zero-order chi connectivity index (χ0) is 24.3. The third-order valence-electron chi connectivity index (χ3n) is 5.44. The summed E-state index contributed by atoms with van der Waals surface area (Å²) in [5.74, 6) is -1.23. The van der Waals surface area contributed by atoms with E-state index in [0.717, 1.165) is 11.1 Å². The fourth-order valence-electron chi connectivity index (χ4n) is 3.76. The van der Waals surface area contributed by atoms with Crippen molar-refractivity contribution in [3.05, 3.63) is 94.0 Å². The summed E-state index contributed by atoms with van der Waals surface area (Å²) in [5.41, 5.74) is 3.93. The Bertz CT molecular complexity index is 1340. The Balaban J connectivity index is 1.40. The Morgan fingerprint density at radius 3 is 2.50 bits per heavy atom. The standard InChI is InChI=1S/C25H24ClN3O4S/c1-16-3-2-4-18(11-16)14-34(32,33)15-23-25(31)29-22-12-19(7-10-21(22)28-23)24(30)27-13-17-5-8-20(26)9-6-17/h2-12,23,28H,13-15H2,1H3,(H,27,30)(H,29,31). The minimum Gasteiger partial charge on any atom is -0.371 e. The van der Waals surface area contributed by atoms with Crippen LogP contribution in [0.4, 0.5) is 11.4 Å². The number of hydrogen-bond acceptors (Lipinski definition) is 5. The number of sulfone groups is 1. The van der Waals surface area contributed by atoms with Crippen molar-refractivity contribution in [1.29, 1.82) is 0 Å². The molecule has 3 N–H and O–H groups in total. The molecule has 1 aliphatic heterocycles. The van der Waals surface area contributed by atoms with E-state index in [1.165, 1.54) is 0 Å². The van der Waals surface area contributed by atoms with E-state index in [-0.39, 0.29) is 17.4 Å². The molecule has 9 heteroatoms. The molecule has 1 atom stereocenters. The second-order valence-electron chi connectivity index (χ2n) is 8.30. The Morgan fingerprint density at radius 1 is 1.00 bits per heavy atom. The fraction of sp³-hybridized carbons (Fsp3) is 0.200. The minimum atomic E-state index is -3.54. The average Bonchev–Trinajstić information content (AvgIpc) is 2.78. The summed E-state index contributed by atoms with van der Waals surface area (Å²) in [7, 11) is -3.54. The molecular weight excluding hydrogens is 474 g/mol. The second kappa shape index (κ2) is 9.87. The van der Waals surface area contributed by atoms with Crippen LogP contribution in [0.5, 0.6) is 0 Å². The van der Waals surface area contributed by atoms with E-state index in [2.05, 4.69) is 16.0 Å². The first-order chi connectivity index (χ1) is 16.2. The first-order valence-corrected chi connectivity index (χ1v) is 12.9. The SMILES string of the molecule is Cc1cccc(CS(=O)(=O)CC2Nc3ccc(C(=O)NCc4ccc(Cl)cc4)cc3NC2=O)c1. The molecule has 0 aromatic heterocycles. The lowest BCUT2D eigenvalue weighted by atomic mass is 10.1. The number of halogens is 1. The predicted molar refractivity (Wildman–Crippen MR) is 134 cm³/mol. The van der Waals surface area contributed by atoms with Crippen LogP contribution in [0.2, 0.25) is 5.02 Å². The Labute approximate surface area is 203 Å². The van der Waals surface area contributed by atoms with Gasteiger partial charge in [-0.2, -0.15) is 0 Å². The molecule has 0 radical (unpaired) electrons. The van der Waals surface area contributed by atoms with Gasteiger partial charge in [0.05, 0.1) is 22.9 Å². The van der Waals surface area contributed by atoms with Crippen LogP contribution in [0.25, 0.3) is 0 Å². The van der Waals surface area contributed by atoms with Crippen LogP contribution >= 0.6 is 11.6 Å². The summed E-state index contributed by atoms with van der Waals surface area (Å²) < 4.78 is 25.4. The number of carbonyl (C=O) groups is 2. The van der Waals surface area contributed by atoms with Crippen LogP contribution in [-0.2, 0) is 26.9 Å². The normalized spacial score (nSPS) is 15.1. The van der Waals surface area contributed by atoms with Gasteiger partial charge < -0.3 is 16.0 Å². The highest BCUT2D eigenvalue weighted by Gasteiger charge is 2.30. The lowest BCUT2D eigenvalue weighted by molar-refractivity contribution is -0.116. The molecule has 1 heterocycles. The number of amides is 2.